The summed E-state index contributed by atoms with van der Waals surface area (Å²) < 4.78 is 12.0. The van der Waals surface area contributed by atoms with Crippen molar-refractivity contribution in [1.82, 2.24) is 4.90 Å². The van der Waals surface area contributed by atoms with Crippen LogP contribution in [0.3, 0.4) is 0 Å². The Labute approximate surface area is 225 Å². The molecule has 194 valence electrons. The summed E-state index contributed by atoms with van der Waals surface area (Å²) in [5.74, 6) is 1.73. The van der Waals surface area contributed by atoms with Gasteiger partial charge in [0.1, 0.15) is 17.2 Å². The summed E-state index contributed by atoms with van der Waals surface area (Å²) in [5, 5.41) is 0.0797. The maximum absolute atomic E-state index is 13.4. The molecule has 0 saturated carbocycles. The first-order chi connectivity index (χ1) is 18.0. The van der Waals surface area contributed by atoms with Crippen LogP contribution in [-0.2, 0) is 11.2 Å². The molecule has 3 heterocycles. The largest absolute Gasteiger partial charge is 0.543 e. The second-order valence-electron chi connectivity index (χ2n) is 11.3. The van der Waals surface area contributed by atoms with Crippen molar-refractivity contribution in [2.75, 3.05) is 0 Å². The molecule has 1 amide bonds. The highest BCUT2D eigenvalue weighted by molar-refractivity contribution is 6.74. The van der Waals surface area contributed by atoms with Crippen LogP contribution in [-0.4, -0.2) is 30.7 Å². The molecule has 0 bridgehead atoms. The minimum absolute atomic E-state index is 0.0797. The minimum atomic E-state index is -2.02. The van der Waals surface area contributed by atoms with Crippen molar-refractivity contribution >= 4 is 37.5 Å². The lowest BCUT2D eigenvalue weighted by molar-refractivity contribution is -0.120. The third-order valence-corrected chi connectivity index (χ3v) is 11.6. The smallest absolute Gasteiger partial charge is 0.282 e. The number of aryl methyl sites for hydroxylation is 1. The second-order valence-corrected chi connectivity index (χ2v) is 16.0. The molecule has 0 fully saturated rings. The molecule has 38 heavy (non-hydrogen) atoms. The van der Waals surface area contributed by atoms with Gasteiger partial charge in [-0.3, -0.25) is 9.69 Å². The van der Waals surface area contributed by atoms with Crippen LogP contribution in [0.25, 0.3) is 11.8 Å². The Morgan fingerprint density at radius 2 is 1.82 bits per heavy atom. The average molecular weight is 524 g/mol. The molecule has 7 heteroatoms. The fourth-order valence-corrected chi connectivity index (χ4v) is 5.17. The summed E-state index contributed by atoms with van der Waals surface area (Å²) in [6.07, 6.45) is 5.57. The van der Waals surface area contributed by atoms with Gasteiger partial charge in [0.05, 0.1) is 17.7 Å². The normalized spacial score (nSPS) is 16.8. The summed E-state index contributed by atoms with van der Waals surface area (Å²) in [5.41, 5.74) is 4.92. The zero-order valence-corrected chi connectivity index (χ0v) is 23.8. The SMILES string of the molecule is Cc1cccc(CC2=NC(c3cccc(O[Si](C)(C)C(C)(C)C)c3)=CN3C(=O)C(=Cc4ccco4)N=C23)c1. The lowest BCUT2D eigenvalue weighted by atomic mass is 10.0. The lowest BCUT2D eigenvalue weighted by Crippen LogP contribution is -2.43. The molecule has 2 aromatic carbocycles. The zero-order chi connectivity index (χ0) is 27.1. The van der Waals surface area contributed by atoms with E-state index >= 15 is 0 Å². The molecule has 0 spiro atoms. The Balaban J connectivity index is 1.54. The number of hydrogen-bond donors (Lipinski definition) is 0. The molecule has 0 atom stereocenters. The Bertz CT molecular complexity index is 1510. The van der Waals surface area contributed by atoms with Gasteiger partial charge in [0, 0.05) is 24.3 Å². The highest BCUT2D eigenvalue weighted by Crippen LogP contribution is 2.38. The van der Waals surface area contributed by atoms with Gasteiger partial charge in [-0.15, -0.1) is 0 Å². The maximum atomic E-state index is 13.4. The lowest BCUT2D eigenvalue weighted by Gasteiger charge is -2.36. The van der Waals surface area contributed by atoms with Gasteiger partial charge in [-0.1, -0.05) is 62.7 Å². The fraction of sp³-hybridized carbons (Fsp3) is 0.258. The monoisotopic (exact) mass is 523 g/mol. The number of furan rings is 1. The molecule has 0 saturated heterocycles. The summed E-state index contributed by atoms with van der Waals surface area (Å²) >= 11 is 0. The first kappa shape index (κ1) is 25.7. The maximum Gasteiger partial charge on any atom is 0.282 e. The topological polar surface area (TPSA) is 67.4 Å². The molecule has 0 aliphatic carbocycles. The number of amides is 1. The van der Waals surface area contributed by atoms with Crippen LogP contribution in [0, 0.1) is 6.92 Å². The summed E-state index contributed by atoms with van der Waals surface area (Å²) in [4.78, 5) is 24.8. The van der Waals surface area contributed by atoms with Crippen LogP contribution in [0.1, 0.15) is 43.2 Å². The highest BCUT2D eigenvalue weighted by atomic mass is 28.4. The fourth-order valence-electron chi connectivity index (χ4n) is 4.15. The third kappa shape index (κ3) is 5.20. The van der Waals surface area contributed by atoms with Crippen LogP contribution in [0.4, 0.5) is 0 Å². The van der Waals surface area contributed by atoms with Crippen molar-refractivity contribution in [3.63, 3.8) is 0 Å². The van der Waals surface area contributed by atoms with Crippen molar-refractivity contribution in [2.45, 2.75) is 52.2 Å². The van der Waals surface area contributed by atoms with E-state index in [-0.39, 0.29) is 10.9 Å². The zero-order valence-electron chi connectivity index (χ0n) is 22.8. The summed E-state index contributed by atoms with van der Waals surface area (Å²) in [7, 11) is -2.02. The molecule has 2 aliphatic rings. The predicted octanol–water partition coefficient (Wildman–Crippen LogP) is 7.25. The first-order valence-electron chi connectivity index (χ1n) is 12.8. The van der Waals surface area contributed by atoms with Gasteiger partial charge in [-0.2, -0.15) is 0 Å². The van der Waals surface area contributed by atoms with E-state index in [1.165, 1.54) is 5.56 Å². The number of nitrogens with zero attached hydrogens (tertiary/aromatic N) is 3. The van der Waals surface area contributed by atoms with Gasteiger partial charge in [-0.25, -0.2) is 9.98 Å². The van der Waals surface area contributed by atoms with E-state index in [4.69, 9.17) is 13.8 Å². The quantitative estimate of drug-likeness (QED) is 0.252. The highest BCUT2D eigenvalue weighted by Gasteiger charge is 2.39. The van der Waals surface area contributed by atoms with Gasteiger partial charge in [-0.05, 0) is 54.9 Å². The van der Waals surface area contributed by atoms with E-state index < -0.39 is 8.32 Å². The van der Waals surface area contributed by atoms with Crippen molar-refractivity contribution < 1.29 is 13.6 Å². The summed E-state index contributed by atoms with van der Waals surface area (Å²) in [6, 6.07) is 19.9. The van der Waals surface area contributed by atoms with Crippen LogP contribution in [0.5, 0.6) is 5.75 Å². The van der Waals surface area contributed by atoms with Gasteiger partial charge < -0.3 is 8.84 Å². The molecule has 0 unspecified atom stereocenters. The molecular formula is C31H33N3O3Si. The van der Waals surface area contributed by atoms with Crippen molar-refractivity contribution in [3.8, 4) is 5.75 Å². The molecule has 6 nitrogen and oxygen atoms in total. The Morgan fingerprint density at radius 3 is 2.53 bits per heavy atom. The molecule has 2 aliphatic heterocycles. The van der Waals surface area contributed by atoms with Crippen molar-refractivity contribution in [3.05, 3.63) is 101 Å². The predicted molar refractivity (Wildman–Crippen MR) is 156 cm³/mol. The standard InChI is InChI=1S/C31H33N3O3Si/c1-21-10-7-11-22(16-21)17-26-29-33-27(19-24-14-9-15-36-24)30(35)34(29)20-28(32-26)23-12-8-13-25(18-23)37-38(5,6)31(2,3)4/h7-16,18-20H,17H2,1-6H3. The number of carbonyl (C=O) groups excluding carboxylic acids is 1. The number of aliphatic imine (C=N–C) groups is 2. The van der Waals surface area contributed by atoms with Crippen molar-refractivity contribution in [1.29, 1.82) is 0 Å². The number of fused-ring (bicyclic) bond motifs is 1. The van der Waals surface area contributed by atoms with Crippen LogP contribution in [0.2, 0.25) is 18.1 Å². The first-order valence-corrected chi connectivity index (χ1v) is 15.7. The Kier molecular flexibility index (Phi) is 6.57. The van der Waals surface area contributed by atoms with E-state index in [2.05, 4.69) is 64.0 Å². The Hall–Kier alpha value is -3.97. The number of amidine groups is 1. The summed E-state index contributed by atoms with van der Waals surface area (Å²) in [6.45, 7) is 13.2. The molecule has 3 aromatic rings. The average Bonchev–Trinajstić information content (AvgIpc) is 3.47. The van der Waals surface area contributed by atoms with E-state index in [9.17, 15) is 4.79 Å². The number of rotatable bonds is 6. The molecular weight excluding hydrogens is 490 g/mol. The molecule has 1 aromatic heterocycles. The molecule has 0 radical (unpaired) electrons. The Morgan fingerprint density at radius 1 is 1.03 bits per heavy atom. The van der Waals surface area contributed by atoms with E-state index in [0.29, 0.717) is 29.4 Å². The van der Waals surface area contributed by atoms with Gasteiger partial charge in [0.2, 0.25) is 8.32 Å². The van der Waals surface area contributed by atoms with E-state index in [1.54, 1.807) is 35.6 Å². The van der Waals surface area contributed by atoms with Gasteiger partial charge >= 0.3 is 0 Å². The number of benzene rings is 2. The second kappa shape index (κ2) is 9.72. The number of carbonyl (C=O) groups is 1. The van der Waals surface area contributed by atoms with E-state index in [1.807, 2.05) is 30.3 Å². The van der Waals surface area contributed by atoms with Crippen molar-refractivity contribution in [2.24, 2.45) is 9.98 Å². The van der Waals surface area contributed by atoms with Gasteiger partial charge in [0.15, 0.2) is 5.84 Å². The number of hydrogen-bond acceptors (Lipinski definition) is 5. The molecule has 0 N–H and O–H groups in total. The third-order valence-electron chi connectivity index (χ3n) is 7.24. The van der Waals surface area contributed by atoms with Gasteiger partial charge in [0.25, 0.3) is 5.91 Å². The van der Waals surface area contributed by atoms with Crippen LogP contribution < -0.4 is 4.43 Å². The van der Waals surface area contributed by atoms with Crippen LogP contribution in [0.15, 0.2) is 93.2 Å². The van der Waals surface area contributed by atoms with E-state index in [0.717, 1.165) is 22.6 Å². The molecule has 5 rings (SSSR count). The van der Waals surface area contributed by atoms with Crippen LogP contribution >= 0.6 is 0 Å². The minimum Gasteiger partial charge on any atom is -0.543 e.